The number of hydrogen-bond donors (Lipinski definition) is 1. The zero-order valence-corrected chi connectivity index (χ0v) is 15.9. The number of aromatic nitrogens is 1. The van der Waals surface area contributed by atoms with Gasteiger partial charge < -0.3 is 10.6 Å². The number of carbonyl (C=O) groups excluding carboxylic acids is 1. The predicted octanol–water partition coefficient (Wildman–Crippen LogP) is 2.65. The van der Waals surface area contributed by atoms with Crippen LogP contribution in [0.15, 0.2) is 36.5 Å². The number of amides is 1. The fourth-order valence-electron chi connectivity index (χ4n) is 3.53. The molecular weight excluding hydrogens is 338 g/mol. The van der Waals surface area contributed by atoms with Crippen molar-refractivity contribution in [3.63, 3.8) is 0 Å². The molecule has 0 saturated carbocycles. The lowest BCUT2D eigenvalue weighted by atomic mass is 10.0. The summed E-state index contributed by atoms with van der Waals surface area (Å²) in [5.74, 6) is 0.455. The van der Waals surface area contributed by atoms with Crippen LogP contribution in [0.4, 0.5) is 5.82 Å². The van der Waals surface area contributed by atoms with Crippen LogP contribution in [0.2, 0.25) is 0 Å². The number of piperazine rings is 1. The van der Waals surface area contributed by atoms with Gasteiger partial charge in [-0.3, -0.25) is 9.69 Å². The zero-order valence-electron chi connectivity index (χ0n) is 15.9. The van der Waals surface area contributed by atoms with Crippen molar-refractivity contribution < 1.29 is 4.79 Å². The average Bonchev–Trinajstić information content (AvgIpc) is 2.68. The first kappa shape index (κ1) is 18.9. The Bertz CT molecular complexity index is 873. The van der Waals surface area contributed by atoms with Crippen molar-refractivity contribution in [2.24, 2.45) is 0 Å². The summed E-state index contributed by atoms with van der Waals surface area (Å²) in [6.45, 7) is 4.47. The number of rotatable bonds is 5. The number of likely N-dealkylation sites (N-methyl/N-ethyl adjacent to an activating group) is 1. The normalized spacial score (nSPS) is 17.7. The summed E-state index contributed by atoms with van der Waals surface area (Å²) >= 11 is 0. The van der Waals surface area contributed by atoms with Crippen LogP contribution in [0.5, 0.6) is 0 Å². The third kappa shape index (κ3) is 4.09. The quantitative estimate of drug-likeness (QED) is 0.882. The third-order valence-corrected chi connectivity index (χ3v) is 5.07. The molecule has 6 nitrogen and oxygen atoms in total. The Morgan fingerprint density at radius 3 is 2.85 bits per heavy atom. The lowest BCUT2D eigenvalue weighted by Gasteiger charge is -2.39. The van der Waals surface area contributed by atoms with E-state index in [-0.39, 0.29) is 17.8 Å². The minimum Gasteiger partial charge on any atom is -0.383 e. The van der Waals surface area contributed by atoms with Gasteiger partial charge in [0.2, 0.25) is 5.91 Å². The van der Waals surface area contributed by atoms with Crippen LogP contribution in [0.3, 0.4) is 0 Å². The highest BCUT2D eigenvalue weighted by Gasteiger charge is 2.32. The number of hydrogen-bond acceptors (Lipinski definition) is 5. The standard InChI is InChI=1S/C21H25N5O/c1-3-5-19-21(27)25(2)8-9-26(19)14-15-6-4-7-16(10-15)18-11-17(12-22)20(23)24-13-18/h4,6-7,10-11,13,19H,3,5,8-9,14H2,1-2H3,(H2,23,24). The first-order valence-electron chi connectivity index (χ1n) is 9.27. The van der Waals surface area contributed by atoms with Crippen LogP contribution in [0, 0.1) is 11.3 Å². The van der Waals surface area contributed by atoms with Crippen molar-refractivity contribution >= 4 is 11.7 Å². The van der Waals surface area contributed by atoms with Gasteiger partial charge in [-0.15, -0.1) is 0 Å². The number of benzene rings is 1. The van der Waals surface area contributed by atoms with E-state index in [1.54, 1.807) is 12.3 Å². The molecule has 1 aromatic carbocycles. The van der Waals surface area contributed by atoms with E-state index in [2.05, 4.69) is 35.0 Å². The molecule has 27 heavy (non-hydrogen) atoms. The minimum absolute atomic E-state index is 0.0548. The van der Waals surface area contributed by atoms with Crippen molar-refractivity contribution in [3.8, 4) is 17.2 Å². The minimum atomic E-state index is -0.0548. The Hall–Kier alpha value is -2.91. The molecular formula is C21H25N5O. The Balaban J connectivity index is 1.83. The fraction of sp³-hybridized carbons (Fsp3) is 0.381. The molecule has 140 valence electrons. The molecule has 1 saturated heterocycles. The lowest BCUT2D eigenvalue weighted by Crippen LogP contribution is -2.55. The van der Waals surface area contributed by atoms with Gasteiger partial charge in [0.15, 0.2) is 0 Å². The summed E-state index contributed by atoms with van der Waals surface area (Å²) < 4.78 is 0. The van der Waals surface area contributed by atoms with Crippen molar-refractivity contribution in [1.82, 2.24) is 14.8 Å². The number of anilines is 1. The number of nitrogens with two attached hydrogens (primary N) is 1. The molecule has 2 N–H and O–H groups in total. The Labute approximate surface area is 160 Å². The van der Waals surface area contributed by atoms with Crippen molar-refractivity contribution in [3.05, 3.63) is 47.7 Å². The zero-order chi connectivity index (χ0) is 19.4. The number of nitrogens with zero attached hydrogens (tertiary/aromatic N) is 4. The molecule has 2 heterocycles. The number of nitriles is 1. The summed E-state index contributed by atoms with van der Waals surface area (Å²) in [5.41, 5.74) is 9.10. The second-order valence-electron chi connectivity index (χ2n) is 7.00. The van der Waals surface area contributed by atoms with Gasteiger partial charge in [0.05, 0.1) is 11.6 Å². The lowest BCUT2D eigenvalue weighted by molar-refractivity contribution is -0.140. The van der Waals surface area contributed by atoms with Crippen LogP contribution < -0.4 is 5.73 Å². The first-order valence-corrected chi connectivity index (χ1v) is 9.27. The second kappa shape index (κ2) is 8.19. The van der Waals surface area contributed by atoms with Crippen LogP contribution in [-0.4, -0.2) is 46.9 Å². The number of carbonyl (C=O) groups is 1. The number of nitrogen functional groups attached to an aromatic ring is 1. The molecule has 1 fully saturated rings. The Kier molecular flexibility index (Phi) is 5.72. The van der Waals surface area contributed by atoms with Crippen molar-refractivity contribution in [2.45, 2.75) is 32.4 Å². The summed E-state index contributed by atoms with van der Waals surface area (Å²) in [7, 11) is 1.88. The Morgan fingerprint density at radius 2 is 2.11 bits per heavy atom. The SMILES string of the molecule is CCCC1C(=O)N(C)CCN1Cc1cccc(-c2cnc(N)c(C#N)c2)c1. The van der Waals surface area contributed by atoms with Gasteiger partial charge in [-0.1, -0.05) is 31.5 Å². The van der Waals surface area contributed by atoms with Gasteiger partial charge in [-0.25, -0.2) is 4.98 Å². The van der Waals surface area contributed by atoms with E-state index in [0.717, 1.165) is 49.2 Å². The smallest absolute Gasteiger partial charge is 0.239 e. The van der Waals surface area contributed by atoms with Crippen LogP contribution in [0.1, 0.15) is 30.9 Å². The molecule has 2 aromatic rings. The second-order valence-corrected chi connectivity index (χ2v) is 7.00. The topological polar surface area (TPSA) is 86.2 Å². The number of pyridine rings is 1. The predicted molar refractivity (Wildman–Crippen MR) is 106 cm³/mol. The first-order chi connectivity index (χ1) is 13.0. The largest absolute Gasteiger partial charge is 0.383 e. The highest BCUT2D eigenvalue weighted by Crippen LogP contribution is 2.24. The van der Waals surface area contributed by atoms with Gasteiger partial charge in [-0.2, -0.15) is 5.26 Å². The van der Waals surface area contributed by atoms with E-state index in [9.17, 15) is 10.1 Å². The maximum absolute atomic E-state index is 12.5. The molecule has 3 rings (SSSR count). The van der Waals surface area contributed by atoms with Crippen LogP contribution in [-0.2, 0) is 11.3 Å². The molecule has 1 atom stereocenters. The average molecular weight is 363 g/mol. The van der Waals surface area contributed by atoms with E-state index in [1.807, 2.05) is 24.1 Å². The highest BCUT2D eigenvalue weighted by atomic mass is 16.2. The van der Waals surface area contributed by atoms with Gasteiger partial charge >= 0.3 is 0 Å². The van der Waals surface area contributed by atoms with E-state index in [0.29, 0.717) is 5.56 Å². The van der Waals surface area contributed by atoms with Crippen molar-refractivity contribution in [2.75, 3.05) is 25.9 Å². The van der Waals surface area contributed by atoms with Gasteiger partial charge in [0, 0.05) is 38.4 Å². The summed E-state index contributed by atoms with van der Waals surface area (Å²) in [6, 6.07) is 12.0. The summed E-state index contributed by atoms with van der Waals surface area (Å²) in [6.07, 6.45) is 3.54. The van der Waals surface area contributed by atoms with Crippen LogP contribution >= 0.6 is 0 Å². The van der Waals surface area contributed by atoms with Gasteiger partial charge in [0.25, 0.3) is 0 Å². The Morgan fingerprint density at radius 1 is 1.30 bits per heavy atom. The monoisotopic (exact) mass is 363 g/mol. The van der Waals surface area contributed by atoms with E-state index in [4.69, 9.17) is 5.73 Å². The molecule has 0 aliphatic carbocycles. The van der Waals surface area contributed by atoms with E-state index >= 15 is 0 Å². The fourth-order valence-corrected chi connectivity index (χ4v) is 3.53. The van der Waals surface area contributed by atoms with Crippen molar-refractivity contribution in [1.29, 1.82) is 5.26 Å². The molecule has 1 unspecified atom stereocenters. The molecule has 0 bridgehead atoms. The maximum Gasteiger partial charge on any atom is 0.239 e. The van der Waals surface area contributed by atoms with Crippen LogP contribution in [0.25, 0.3) is 11.1 Å². The van der Waals surface area contributed by atoms with E-state index < -0.39 is 0 Å². The summed E-state index contributed by atoms with van der Waals surface area (Å²) in [5, 5.41) is 9.17. The molecule has 1 aliphatic rings. The molecule has 1 aliphatic heterocycles. The van der Waals surface area contributed by atoms with Gasteiger partial charge in [-0.05, 0) is 29.7 Å². The van der Waals surface area contributed by atoms with E-state index in [1.165, 1.54) is 0 Å². The molecule has 6 heteroatoms. The van der Waals surface area contributed by atoms with Gasteiger partial charge in [0.1, 0.15) is 11.9 Å². The summed E-state index contributed by atoms with van der Waals surface area (Å²) in [4.78, 5) is 20.8. The molecule has 0 spiro atoms. The molecule has 1 aromatic heterocycles. The maximum atomic E-state index is 12.5. The third-order valence-electron chi connectivity index (χ3n) is 5.07. The molecule has 0 radical (unpaired) electrons. The highest BCUT2D eigenvalue weighted by molar-refractivity contribution is 5.82. The molecule has 1 amide bonds.